The first-order valence-electron chi connectivity index (χ1n) is 10.7. The van der Waals surface area contributed by atoms with Crippen LogP contribution in [0.1, 0.15) is 52.4 Å². The molecule has 10 heteroatoms. The Morgan fingerprint density at radius 2 is 2.06 bits per heavy atom. The Labute approximate surface area is 196 Å². The highest BCUT2D eigenvalue weighted by Crippen LogP contribution is 2.35. The summed E-state index contributed by atoms with van der Waals surface area (Å²) in [4.78, 5) is 24.5. The molecule has 1 saturated heterocycles. The number of ether oxygens (including phenoxy) is 1. The number of benzene rings is 1. The summed E-state index contributed by atoms with van der Waals surface area (Å²) in [6, 6.07) is 4.46. The highest BCUT2D eigenvalue weighted by Gasteiger charge is 2.33. The first-order valence-corrected chi connectivity index (χ1v) is 11.6. The number of likely N-dealkylation sites (tertiary alicyclic amines) is 1. The molecule has 3 heterocycles. The number of nitrogens with two attached hydrogens (primary N) is 1. The second-order valence-corrected chi connectivity index (χ2v) is 9.12. The van der Waals surface area contributed by atoms with Gasteiger partial charge in [0.1, 0.15) is 10.8 Å². The molecule has 2 aromatic heterocycles. The van der Waals surface area contributed by atoms with Gasteiger partial charge in [0, 0.05) is 53.8 Å². The van der Waals surface area contributed by atoms with Crippen molar-refractivity contribution in [2.24, 2.45) is 12.8 Å². The summed E-state index contributed by atoms with van der Waals surface area (Å²) in [5.74, 6) is 0.0807. The van der Waals surface area contributed by atoms with Crippen LogP contribution in [0, 0.1) is 17.7 Å². The van der Waals surface area contributed by atoms with Crippen molar-refractivity contribution in [3.8, 4) is 11.4 Å². The molecule has 2 atom stereocenters. The summed E-state index contributed by atoms with van der Waals surface area (Å²) in [5, 5.41) is 19.2. The predicted molar refractivity (Wildman–Crippen MR) is 128 cm³/mol. The van der Waals surface area contributed by atoms with Crippen molar-refractivity contribution >= 4 is 29.0 Å². The first kappa shape index (κ1) is 22.8. The molecule has 1 fully saturated rings. The average Bonchev–Trinajstić information content (AvgIpc) is 3.53. The van der Waals surface area contributed by atoms with Crippen LogP contribution in [0.4, 0.5) is 0 Å². The van der Waals surface area contributed by atoms with Crippen LogP contribution < -0.4 is 5.73 Å². The van der Waals surface area contributed by atoms with Crippen molar-refractivity contribution in [1.29, 1.82) is 10.8 Å². The van der Waals surface area contributed by atoms with Gasteiger partial charge in [-0.05, 0) is 44.9 Å². The van der Waals surface area contributed by atoms with Crippen molar-refractivity contribution in [2.45, 2.75) is 38.8 Å². The summed E-state index contributed by atoms with van der Waals surface area (Å²) in [7, 11) is 1.87. The Hall–Kier alpha value is -3.37. The van der Waals surface area contributed by atoms with E-state index in [4.69, 9.17) is 21.3 Å². The Morgan fingerprint density at radius 3 is 2.70 bits per heavy atom. The SMILES string of the molecule is Cc1csc(C2CCCN2C(=O)c2cc(C(=N)OC(=N)C(C)N)cc(-c3nccn3C)c2)n1. The lowest BCUT2D eigenvalue weighted by molar-refractivity contribution is 0.0735. The van der Waals surface area contributed by atoms with E-state index in [1.165, 1.54) is 0 Å². The summed E-state index contributed by atoms with van der Waals surface area (Å²) >= 11 is 1.58. The van der Waals surface area contributed by atoms with Gasteiger partial charge in [0.15, 0.2) is 0 Å². The smallest absolute Gasteiger partial charge is 0.254 e. The number of nitrogens with zero attached hydrogens (tertiary/aromatic N) is 4. The number of thiazole rings is 1. The Morgan fingerprint density at radius 1 is 1.30 bits per heavy atom. The Bertz CT molecular complexity index is 1210. The standard InChI is InChI=1S/C23H27N7O2S/c1-13-12-33-22(28-13)18-5-4-7-30(18)23(31)17-10-15(20(26)32-19(25)14(2)24)9-16(11-17)21-27-6-8-29(21)3/h6,8-12,14,18,25-26H,4-5,7,24H2,1-3H3. The molecule has 0 aliphatic carbocycles. The van der Waals surface area contributed by atoms with E-state index in [2.05, 4.69) is 9.97 Å². The number of carbonyl (C=O) groups excluding carboxylic acids is 1. The molecule has 0 spiro atoms. The molecule has 2 unspecified atom stereocenters. The van der Waals surface area contributed by atoms with Gasteiger partial charge in [-0.1, -0.05) is 0 Å². The summed E-state index contributed by atoms with van der Waals surface area (Å²) < 4.78 is 7.18. The van der Waals surface area contributed by atoms with Gasteiger partial charge in [-0.3, -0.25) is 15.6 Å². The average molecular weight is 466 g/mol. The number of rotatable bonds is 5. The summed E-state index contributed by atoms with van der Waals surface area (Å²) in [5.41, 5.74) is 8.15. The van der Waals surface area contributed by atoms with E-state index < -0.39 is 6.04 Å². The molecule has 4 rings (SSSR count). The number of imidazole rings is 1. The van der Waals surface area contributed by atoms with E-state index in [0.29, 0.717) is 29.1 Å². The van der Waals surface area contributed by atoms with Crippen LogP contribution in [0.3, 0.4) is 0 Å². The second-order valence-electron chi connectivity index (χ2n) is 8.23. The molecular formula is C23H27N7O2S. The molecule has 0 radical (unpaired) electrons. The molecule has 1 aromatic carbocycles. The van der Waals surface area contributed by atoms with Crippen LogP contribution >= 0.6 is 11.3 Å². The van der Waals surface area contributed by atoms with E-state index in [9.17, 15) is 4.79 Å². The van der Waals surface area contributed by atoms with Gasteiger partial charge in [0.2, 0.25) is 11.8 Å². The number of carbonyl (C=O) groups is 1. The monoisotopic (exact) mass is 465 g/mol. The Kier molecular flexibility index (Phi) is 6.39. The topological polar surface area (TPSA) is 134 Å². The van der Waals surface area contributed by atoms with E-state index in [1.807, 2.05) is 35.0 Å². The molecular weight excluding hydrogens is 438 g/mol. The second kappa shape index (κ2) is 9.24. The lowest BCUT2D eigenvalue weighted by atomic mass is 10.0. The number of aromatic nitrogens is 3. The quantitative estimate of drug-likeness (QED) is 0.392. The number of amides is 1. The molecule has 9 nitrogen and oxygen atoms in total. The molecule has 1 aliphatic rings. The van der Waals surface area contributed by atoms with Gasteiger partial charge in [-0.2, -0.15) is 0 Å². The van der Waals surface area contributed by atoms with Crippen LogP contribution in [0.25, 0.3) is 11.4 Å². The Balaban J connectivity index is 1.72. The van der Waals surface area contributed by atoms with E-state index in [0.717, 1.165) is 23.5 Å². The van der Waals surface area contributed by atoms with E-state index in [-0.39, 0.29) is 23.7 Å². The van der Waals surface area contributed by atoms with Gasteiger partial charge in [-0.25, -0.2) is 9.97 Å². The van der Waals surface area contributed by atoms with Gasteiger partial charge in [0.25, 0.3) is 5.91 Å². The van der Waals surface area contributed by atoms with Crippen molar-refractivity contribution in [3.63, 3.8) is 0 Å². The van der Waals surface area contributed by atoms with E-state index in [1.54, 1.807) is 42.7 Å². The lowest BCUT2D eigenvalue weighted by Gasteiger charge is -2.24. The maximum absolute atomic E-state index is 13.7. The third-order valence-corrected chi connectivity index (χ3v) is 6.65. The maximum Gasteiger partial charge on any atom is 0.254 e. The van der Waals surface area contributed by atoms with Gasteiger partial charge >= 0.3 is 0 Å². The molecule has 1 aliphatic heterocycles. The lowest BCUT2D eigenvalue weighted by Crippen LogP contribution is -2.31. The van der Waals surface area contributed by atoms with Gasteiger partial charge in [0.05, 0.1) is 12.1 Å². The minimum atomic E-state index is -0.642. The largest absolute Gasteiger partial charge is 0.424 e. The number of aryl methyl sites for hydroxylation is 2. The van der Waals surface area contributed by atoms with Crippen LogP contribution in [-0.2, 0) is 11.8 Å². The minimum Gasteiger partial charge on any atom is -0.424 e. The van der Waals surface area contributed by atoms with Gasteiger partial charge in [-0.15, -0.1) is 11.3 Å². The fourth-order valence-corrected chi connectivity index (χ4v) is 4.82. The molecule has 0 bridgehead atoms. The van der Waals surface area contributed by atoms with Crippen LogP contribution in [0.15, 0.2) is 36.0 Å². The molecule has 1 amide bonds. The zero-order valence-corrected chi connectivity index (χ0v) is 19.6. The fourth-order valence-electron chi connectivity index (χ4n) is 3.87. The highest BCUT2D eigenvalue weighted by molar-refractivity contribution is 7.09. The summed E-state index contributed by atoms with van der Waals surface area (Å²) in [6.07, 6.45) is 5.28. The zero-order chi connectivity index (χ0) is 23.7. The number of hydrogen-bond acceptors (Lipinski definition) is 8. The van der Waals surface area contributed by atoms with Crippen molar-refractivity contribution < 1.29 is 9.53 Å². The van der Waals surface area contributed by atoms with Crippen molar-refractivity contribution in [3.05, 3.63) is 57.8 Å². The first-order chi connectivity index (χ1) is 15.7. The molecule has 4 N–H and O–H groups in total. The molecule has 0 saturated carbocycles. The van der Waals surface area contributed by atoms with E-state index >= 15 is 0 Å². The third kappa shape index (κ3) is 4.71. The third-order valence-electron chi connectivity index (χ3n) is 5.58. The van der Waals surface area contributed by atoms with Crippen LogP contribution in [0.5, 0.6) is 0 Å². The molecule has 33 heavy (non-hydrogen) atoms. The predicted octanol–water partition coefficient (Wildman–Crippen LogP) is 3.50. The normalized spacial score (nSPS) is 16.6. The fraction of sp³-hybridized carbons (Fsp3) is 0.348. The van der Waals surface area contributed by atoms with Crippen molar-refractivity contribution in [1.82, 2.24) is 19.4 Å². The number of nitrogens with one attached hydrogen (secondary N) is 2. The van der Waals surface area contributed by atoms with Crippen molar-refractivity contribution in [2.75, 3.05) is 6.54 Å². The molecule has 3 aromatic rings. The number of hydrogen-bond donors (Lipinski definition) is 3. The van der Waals surface area contributed by atoms with Crippen LogP contribution in [0.2, 0.25) is 0 Å². The highest BCUT2D eigenvalue weighted by atomic mass is 32.1. The summed E-state index contributed by atoms with van der Waals surface area (Å²) in [6.45, 7) is 4.21. The van der Waals surface area contributed by atoms with Crippen LogP contribution in [-0.4, -0.2) is 49.7 Å². The molecule has 172 valence electrons. The van der Waals surface area contributed by atoms with Gasteiger partial charge < -0.3 is 19.9 Å². The minimum absolute atomic E-state index is 0.0570. The zero-order valence-electron chi connectivity index (χ0n) is 18.8. The maximum atomic E-state index is 13.7.